The number of carbonyl (C=O) groups is 5. The van der Waals surface area contributed by atoms with E-state index < -0.39 is 25.2 Å². The number of hydrogen-bond acceptors (Lipinski definition) is 11. The number of rotatable bonds is 11. The van der Waals surface area contributed by atoms with Crippen LogP contribution in [0.4, 0.5) is 11.4 Å². The Balaban J connectivity index is 0.000000312. The maximum atomic E-state index is 12.6. The Morgan fingerprint density at radius 2 is 0.933 bits per heavy atom. The zero-order valence-corrected chi connectivity index (χ0v) is 48.1. The van der Waals surface area contributed by atoms with Gasteiger partial charge in [0.2, 0.25) is 0 Å². The van der Waals surface area contributed by atoms with Gasteiger partial charge in [0.15, 0.2) is 0 Å². The van der Waals surface area contributed by atoms with Crippen LogP contribution in [0, 0.1) is 0 Å². The largest absolute Gasteiger partial charge is 1.00 e. The molecule has 0 bridgehead atoms. The number of anilines is 2. The number of fused-ring (bicyclic) bond motifs is 2. The molecule has 0 aliphatic heterocycles. The van der Waals surface area contributed by atoms with E-state index in [1.807, 2.05) is 110 Å². The molecule has 4 N–H and O–H groups in total. The molecule has 6 aromatic rings. The van der Waals surface area contributed by atoms with Crippen molar-refractivity contribution in [2.75, 3.05) is 38.9 Å². The van der Waals surface area contributed by atoms with Gasteiger partial charge in [0.1, 0.15) is 0 Å². The molecule has 0 heterocycles. The van der Waals surface area contributed by atoms with Gasteiger partial charge in [-0.2, -0.15) is 0 Å². The van der Waals surface area contributed by atoms with Crippen LogP contribution in [0.3, 0.4) is 0 Å². The standard InChI is InChI=1S/C25H24Cl2N2O.C24H22Cl2N2O.C6H9BO6.CH4O.Na.H/c1-29(2)24-13-11-19(17-8-12-22(26)23(27)14-17)20-10-9-18(15-21(20)24)28-25(30)16-6-4-3-5-7-16;1-27-23-12-10-18(16-7-11-21(25)22(26)13-16)19-9-8-17(14-20(19)23)28-24(29)15-5-3-2-4-6-15;1-4(8)11-7(12-5(2)9)13-6(3)10;1-2;;/h3-10,12,14-15,19,24H,11,13H2,1-2H3,(H,28,30);2-9,11,13-14,18,23,27H,10,12H2,1H3,(H,28,29);1-3H3;2H,1H3;;/q;;;;+1;-1/t19-,24-;18-,23-;;;;/m00..../s1. The molecule has 390 valence electrons. The van der Waals surface area contributed by atoms with Crippen molar-refractivity contribution in [2.45, 2.75) is 70.4 Å². The Labute approximate surface area is 482 Å². The van der Waals surface area contributed by atoms with Crippen molar-refractivity contribution in [1.29, 1.82) is 0 Å². The zero-order valence-electron chi connectivity index (χ0n) is 44.1. The molecular formula is C56H60BCl4N4NaO9. The molecule has 75 heavy (non-hydrogen) atoms. The van der Waals surface area contributed by atoms with Gasteiger partial charge in [-0.3, -0.25) is 24.0 Å². The second kappa shape index (κ2) is 30.5. The van der Waals surface area contributed by atoms with E-state index in [1.165, 1.54) is 27.8 Å². The third-order valence-corrected chi connectivity index (χ3v) is 13.6. The minimum Gasteiger partial charge on any atom is -1.00 e. The molecule has 0 spiro atoms. The number of nitrogens with zero attached hydrogens (tertiary/aromatic N) is 1. The summed E-state index contributed by atoms with van der Waals surface area (Å²) in [7, 11) is 5.59. The summed E-state index contributed by atoms with van der Waals surface area (Å²) < 4.78 is 13.0. The first-order valence-corrected chi connectivity index (χ1v) is 25.1. The molecule has 2 aliphatic rings. The molecule has 19 heteroatoms. The Morgan fingerprint density at radius 3 is 1.32 bits per heavy atom. The summed E-state index contributed by atoms with van der Waals surface area (Å²) >= 11 is 24.8. The van der Waals surface area contributed by atoms with E-state index >= 15 is 0 Å². The number of hydrogen-bond donors (Lipinski definition) is 4. The van der Waals surface area contributed by atoms with E-state index in [0.717, 1.165) is 70.5 Å². The first-order valence-electron chi connectivity index (χ1n) is 23.6. The van der Waals surface area contributed by atoms with Gasteiger partial charge in [0, 0.05) is 74.3 Å². The van der Waals surface area contributed by atoms with E-state index in [-0.39, 0.29) is 60.7 Å². The zero-order chi connectivity index (χ0) is 54.1. The van der Waals surface area contributed by atoms with Crippen molar-refractivity contribution in [1.82, 2.24) is 10.2 Å². The Hall–Kier alpha value is -5.23. The van der Waals surface area contributed by atoms with Gasteiger partial charge in [0.05, 0.1) is 20.1 Å². The van der Waals surface area contributed by atoms with Gasteiger partial charge in [-0.25, -0.2) is 0 Å². The number of nitrogens with one attached hydrogen (secondary N) is 3. The van der Waals surface area contributed by atoms with E-state index in [2.05, 4.69) is 79.2 Å². The minimum absolute atomic E-state index is 0. The van der Waals surface area contributed by atoms with Gasteiger partial charge in [0.25, 0.3) is 29.7 Å². The van der Waals surface area contributed by atoms with Crippen LogP contribution in [0.25, 0.3) is 0 Å². The van der Waals surface area contributed by atoms with Gasteiger partial charge in [-0.1, -0.05) is 107 Å². The second-order valence-corrected chi connectivity index (χ2v) is 19.0. The van der Waals surface area contributed by atoms with Crippen LogP contribution in [-0.2, 0) is 28.3 Å². The van der Waals surface area contributed by atoms with Crippen LogP contribution in [-0.4, -0.2) is 75.3 Å². The number of aliphatic hydroxyl groups excluding tert-OH is 1. The Morgan fingerprint density at radius 1 is 0.533 bits per heavy atom. The molecule has 0 aromatic heterocycles. The summed E-state index contributed by atoms with van der Waals surface area (Å²) in [6, 6.07) is 43.2. The van der Waals surface area contributed by atoms with Crippen molar-refractivity contribution in [3.05, 3.63) is 198 Å². The van der Waals surface area contributed by atoms with E-state index in [1.54, 1.807) is 0 Å². The molecule has 2 aliphatic carbocycles. The molecule has 4 atom stereocenters. The predicted molar refractivity (Wildman–Crippen MR) is 295 cm³/mol. The van der Waals surface area contributed by atoms with E-state index in [9.17, 15) is 24.0 Å². The molecule has 0 radical (unpaired) electrons. The van der Waals surface area contributed by atoms with Crippen molar-refractivity contribution < 1.29 is 74.0 Å². The minimum atomic E-state index is -1.59. The summed E-state index contributed by atoms with van der Waals surface area (Å²) in [6.07, 6.45) is 4.08. The van der Waals surface area contributed by atoms with Crippen LogP contribution >= 0.6 is 46.4 Å². The van der Waals surface area contributed by atoms with Crippen molar-refractivity contribution in [3.63, 3.8) is 0 Å². The van der Waals surface area contributed by atoms with Crippen molar-refractivity contribution >= 4 is 94.8 Å². The second-order valence-electron chi connectivity index (χ2n) is 17.4. The molecule has 2 amide bonds. The number of carbonyl (C=O) groups excluding carboxylic acids is 5. The summed E-state index contributed by atoms with van der Waals surface area (Å²) in [4.78, 5) is 58.6. The fraction of sp³-hybridized carbons (Fsp3) is 0.268. The molecule has 0 saturated heterocycles. The van der Waals surface area contributed by atoms with Crippen LogP contribution in [0.2, 0.25) is 20.1 Å². The molecule has 0 unspecified atom stereocenters. The molecule has 0 saturated carbocycles. The third-order valence-electron chi connectivity index (χ3n) is 12.2. The Bertz CT molecular complexity index is 2870. The number of aliphatic hydroxyl groups is 1. The van der Waals surface area contributed by atoms with Gasteiger partial charge < -0.3 is 41.3 Å². The van der Waals surface area contributed by atoms with E-state index in [0.29, 0.717) is 37.3 Å². The smallest absolute Gasteiger partial charge is 1.00 e. The monoisotopic (exact) mass is 1110 g/mol. The number of amides is 2. The first kappa shape index (κ1) is 62.3. The number of halogens is 4. The molecule has 6 aromatic carbocycles. The SMILES string of the molecule is CC(=O)OB(OC(C)=O)OC(C)=O.CN(C)[C@H]1CC[C@@H](c2ccc(Cl)c(Cl)c2)c2ccc(NC(=O)c3ccccc3)cc21.CN[C@H]1CC[C@@H](c2ccc(Cl)c(Cl)c2)c2ccc(NC(=O)c3ccccc3)cc21.CO.[H-].[Na+]. The average molecular weight is 1110 g/mol. The van der Waals surface area contributed by atoms with Crippen LogP contribution in [0.1, 0.15) is 126 Å². The van der Waals surface area contributed by atoms with Gasteiger partial charge in [-0.15, -0.1) is 0 Å². The van der Waals surface area contributed by atoms with Gasteiger partial charge in [-0.05, 0) is 153 Å². The topological polar surface area (TPSA) is 173 Å². The third kappa shape index (κ3) is 17.9. The number of benzene rings is 6. The maximum Gasteiger partial charge on any atom is 1.00 e. The molecular weight excluding hydrogens is 1050 g/mol. The summed E-state index contributed by atoms with van der Waals surface area (Å²) in [5.74, 6) is -1.85. The Kier molecular flexibility index (Phi) is 25.3. The summed E-state index contributed by atoms with van der Waals surface area (Å²) in [5, 5.41) is 18.8. The van der Waals surface area contributed by atoms with Gasteiger partial charge >= 0.3 is 36.9 Å². The normalized spacial score (nSPS) is 15.9. The summed E-state index contributed by atoms with van der Waals surface area (Å²) in [5.41, 5.74) is 10.2. The molecule has 8 rings (SSSR count). The van der Waals surface area contributed by atoms with Crippen molar-refractivity contribution in [2.24, 2.45) is 0 Å². The average Bonchev–Trinajstić information content (AvgIpc) is 3.38. The fourth-order valence-corrected chi connectivity index (χ4v) is 9.47. The predicted octanol–water partition coefficient (Wildman–Crippen LogP) is 9.59. The van der Waals surface area contributed by atoms with Crippen LogP contribution in [0.5, 0.6) is 0 Å². The van der Waals surface area contributed by atoms with Crippen LogP contribution in [0.15, 0.2) is 133 Å². The molecule has 0 fully saturated rings. The van der Waals surface area contributed by atoms with E-state index in [4.69, 9.17) is 51.5 Å². The summed E-state index contributed by atoms with van der Waals surface area (Å²) in [6.45, 7) is 3.29. The molecule has 13 nitrogen and oxygen atoms in total. The van der Waals surface area contributed by atoms with Crippen molar-refractivity contribution in [3.8, 4) is 0 Å². The quantitative estimate of drug-likeness (QED) is 0.0911. The first-order chi connectivity index (χ1) is 35.4. The maximum absolute atomic E-state index is 12.6. The van der Waals surface area contributed by atoms with Crippen LogP contribution < -0.4 is 45.5 Å². The fourth-order valence-electron chi connectivity index (χ4n) is 8.86.